The molecule has 2 aromatic heterocycles. The minimum absolute atomic E-state index is 0.0832. The number of carbonyl (C=O) groups excluding carboxylic acids is 2. The van der Waals surface area contributed by atoms with Crippen LogP contribution in [0.15, 0.2) is 54.9 Å². The number of amides is 2. The summed E-state index contributed by atoms with van der Waals surface area (Å²) >= 11 is 1.42. The van der Waals surface area contributed by atoms with Crippen molar-refractivity contribution in [3.63, 3.8) is 0 Å². The predicted molar refractivity (Wildman–Crippen MR) is 129 cm³/mol. The van der Waals surface area contributed by atoms with Crippen molar-refractivity contribution in [3.8, 4) is 6.07 Å². The second-order valence-electron chi connectivity index (χ2n) is 8.30. The largest absolute Gasteiger partial charge is 0.337 e. The monoisotopic (exact) mass is 458 g/mol. The van der Waals surface area contributed by atoms with Crippen LogP contribution >= 0.6 is 11.3 Å². The van der Waals surface area contributed by atoms with Crippen LogP contribution in [0.5, 0.6) is 0 Å². The van der Waals surface area contributed by atoms with Gasteiger partial charge in [-0.1, -0.05) is 37.3 Å². The average molecular weight is 459 g/mol. The van der Waals surface area contributed by atoms with Crippen molar-refractivity contribution in [2.45, 2.75) is 45.1 Å². The molecule has 0 bridgehead atoms. The summed E-state index contributed by atoms with van der Waals surface area (Å²) in [6.07, 6.45) is 5.57. The Kier molecular flexibility index (Phi) is 7.16. The SMILES string of the molecule is C[C@@H](CC(=O)Nc1sc2c(c1C#N)CCN(C(=O)CCc1ccncc1)C2)c1ccccc1. The number of carbonyl (C=O) groups is 2. The smallest absolute Gasteiger partial charge is 0.225 e. The molecule has 3 aromatic rings. The molecule has 1 aliphatic heterocycles. The molecule has 0 radical (unpaired) electrons. The van der Waals surface area contributed by atoms with Crippen LogP contribution in [0.3, 0.4) is 0 Å². The molecule has 1 aliphatic rings. The van der Waals surface area contributed by atoms with Crippen LogP contribution in [0.1, 0.15) is 52.8 Å². The molecule has 0 saturated heterocycles. The Morgan fingerprint density at radius 2 is 1.97 bits per heavy atom. The Labute approximate surface area is 197 Å². The van der Waals surface area contributed by atoms with E-state index < -0.39 is 0 Å². The third-order valence-electron chi connectivity index (χ3n) is 6.01. The van der Waals surface area contributed by atoms with E-state index in [0.717, 1.165) is 21.6 Å². The van der Waals surface area contributed by atoms with Gasteiger partial charge in [0.1, 0.15) is 11.1 Å². The lowest BCUT2D eigenvalue weighted by Gasteiger charge is -2.27. The third kappa shape index (κ3) is 5.47. The van der Waals surface area contributed by atoms with Gasteiger partial charge in [0.15, 0.2) is 0 Å². The molecular formula is C26H26N4O2S. The Balaban J connectivity index is 1.39. The van der Waals surface area contributed by atoms with E-state index in [2.05, 4.69) is 16.4 Å². The second-order valence-corrected chi connectivity index (χ2v) is 9.41. The highest BCUT2D eigenvalue weighted by Gasteiger charge is 2.27. The Hall–Kier alpha value is -3.50. The molecule has 4 rings (SSSR count). The standard InChI is InChI=1S/C26H26N4O2S/c1-18(20-5-3-2-4-6-20)15-24(31)29-26-22(16-27)21-11-14-30(17-23(21)33-26)25(32)8-7-19-9-12-28-13-10-19/h2-6,9-10,12-13,18H,7-8,11,14-15,17H2,1H3,(H,29,31)/t18-/m0/s1. The molecule has 1 N–H and O–H groups in total. The van der Waals surface area contributed by atoms with Gasteiger partial charge in [-0.2, -0.15) is 5.26 Å². The summed E-state index contributed by atoms with van der Waals surface area (Å²) in [6.45, 7) is 3.10. The van der Waals surface area contributed by atoms with Crippen molar-refractivity contribution in [2.75, 3.05) is 11.9 Å². The molecule has 0 unspecified atom stereocenters. The molecule has 6 nitrogen and oxygen atoms in total. The number of nitrogens with one attached hydrogen (secondary N) is 1. The van der Waals surface area contributed by atoms with Gasteiger partial charge in [0.25, 0.3) is 0 Å². The van der Waals surface area contributed by atoms with Crippen molar-refractivity contribution in [1.29, 1.82) is 5.26 Å². The van der Waals surface area contributed by atoms with E-state index >= 15 is 0 Å². The first kappa shape index (κ1) is 22.7. The first-order valence-electron chi connectivity index (χ1n) is 11.1. The van der Waals surface area contributed by atoms with Crippen LogP contribution < -0.4 is 5.32 Å². The van der Waals surface area contributed by atoms with Crippen molar-refractivity contribution in [2.24, 2.45) is 0 Å². The molecule has 33 heavy (non-hydrogen) atoms. The topological polar surface area (TPSA) is 86.1 Å². The molecule has 7 heteroatoms. The number of thiophene rings is 1. The Morgan fingerprint density at radius 1 is 1.21 bits per heavy atom. The van der Waals surface area contributed by atoms with Crippen LogP contribution in [0, 0.1) is 11.3 Å². The van der Waals surface area contributed by atoms with Crippen LogP contribution in [-0.2, 0) is 29.0 Å². The van der Waals surface area contributed by atoms with Crippen LogP contribution in [0.25, 0.3) is 0 Å². The maximum Gasteiger partial charge on any atom is 0.225 e. The number of aromatic nitrogens is 1. The van der Waals surface area contributed by atoms with Gasteiger partial charge >= 0.3 is 0 Å². The van der Waals surface area contributed by atoms with Crippen molar-refractivity contribution in [1.82, 2.24) is 9.88 Å². The third-order valence-corrected chi connectivity index (χ3v) is 7.14. The Bertz CT molecular complexity index is 1170. The quantitative estimate of drug-likeness (QED) is 0.558. The van der Waals surface area contributed by atoms with Gasteiger partial charge in [0.05, 0.1) is 12.1 Å². The number of nitriles is 1. The lowest BCUT2D eigenvalue weighted by Crippen LogP contribution is -2.35. The molecule has 1 aromatic carbocycles. The van der Waals surface area contributed by atoms with Crippen LogP contribution in [-0.4, -0.2) is 28.2 Å². The summed E-state index contributed by atoms with van der Waals surface area (Å²) in [4.78, 5) is 32.3. The van der Waals surface area contributed by atoms with Crippen molar-refractivity contribution < 1.29 is 9.59 Å². The predicted octanol–water partition coefficient (Wildman–Crippen LogP) is 4.66. The minimum Gasteiger partial charge on any atom is -0.337 e. The number of rotatable bonds is 7. The number of fused-ring (bicyclic) bond motifs is 1. The maximum absolute atomic E-state index is 12.8. The Morgan fingerprint density at radius 3 is 2.70 bits per heavy atom. The average Bonchev–Trinajstić information content (AvgIpc) is 3.19. The summed E-state index contributed by atoms with van der Waals surface area (Å²) < 4.78 is 0. The van der Waals surface area contributed by atoms with E-state index in [1.54, 1.807) is 12.4 Å². The molecule has 2 amide bonds. The van der Waals surface area contributed by atoms with E-state index in [1.807, 2.05) is 54.3 Å². The zero-order chi connectivity index (χ0) is 23.2. The highest BCUT2D eigenvalue weighted by atomic mass is 32.1. The number of anilines is 1. The summed E-state index contributed by atoms with van der Waals surface area (Å²) in [5, 5.41) is 13.3. The first-order valence-corrected chi connectivity index (χ1v) is 11.9. The molecule has 3 heterocycles. The molecule has 0 fully saturated rings. The van der Waals surface area contributed by atoms with Gasteiger partial charge in [-0.3, -0.25) is 14.6 Å². The lowest BCUT2D eigenvalue weighted by molar-refractivity contribution is -0.132. The highest BCUT2D eigenvalue weighted by molar-refractivity contribution is 7.16. The van der Waals surface area contributed by atoms with E-state index in [0.29, 0.717) is 49.3 Å². The number of pyridine rings is 1. The molecule has 1 atom stereocenters. The van der Waals surface area contributed by atoms with E-state index in [-0.39, 0.29) is 17.7 Å². The lowest BCUT2D eigenvalue weighted by atomic mass is 9.97. The zero-order valence-electron chi connectivity index (χ0n) is 18.6. The van der Waals surface area contributed by atoms with Crippen molar-refractivity contribution in [3.05, 3.63) is 82.0 Å². The van der Waals surface area contributed by atoms with Crippen LogP contribution in [0.2, 0.25) is 0 Å². The summed E-state index contributed by atoms with van der Waals surface area (Å²) in [5.74, 6) is 0.0817. The number of nitrogens with zero attached hydrogens (tertiary/aromatic N) is 3. The van der Waals surface area contributed by atoms with E-state index in [1.165, 1.54) is 11.3 Å². The van der Waals surface area contributed by atoms with Gasteiger partial charge in [0, 0.05) is 36.7 Å². The number of aryl methyl sites for hydroxylation is 1. The molecular weight excluding hydrogens is 432 g/mol. The second kappa shape index (κ2) is 10.4. The summed E-state index contributed by atoms with van der Waals surface area (Å²) in [5.41, 5.74) is 3.71. The van der Waals surface area contributed by atoms with Gasteiger partial charge in [-0.05, 0) is 47.6 Å². The first-order chi connectivity index (χ1) is 16.0. The normalized spacial score (nSPS) is 13.6. The van der Waals surface area contributed by atoms with E-state index in [9.17, 15) is 14.9 Å². The fourth-order valence-corrected chi connectivity index (χ4v) is 5.37. The summed E-state index contributed by atoms with van der Waals surface area (Å²) in [6, 6.07) is 16.0. The molecule has 0 saturated carbocycles. The molecule has 0 spiro atoms. The van der Waals surface area contributed by atoms with Gasteiger partial charge in [-0.25, -0.2) is 0 Å². The van der Waals surface area contributed by atoms with Gasteiger partial charge < -0.3 is 10.2 Å². The van der Waals surface area contributed by atoms with Gasteiger partial charge in [-0.15, -0.1) is 11.3 Å². The van der Waals surface area contributed by atoms with E-state index in [4.69, 9.17) is 0 Å². The number of benzene rings is 1. The number of hydrogen-bond donors (Lipinski definition) is 1. The fraction of sp³-hybridized carbons (Fsp3) is 0.308. The maximum atomic E-state index is 12.8. The van der Waals surface area contributed by atoms with Crippen LogP contribution in [0.4, 0.5) is 5.00 Å². The summed E-state index contributed by atoms with van der Waals surface area (Å²) in [7, 11) is 0. The molecule has 168 valence electrons. The number of hydrogen-bond acceptors (Lipinski definition) is 5. The molecule has 0 aliphatic carbocycles. The minimum atomic E-state index is -0.105. The van der Waals surface area contributed by atoms with Crippen molar-refractivity contribution >= 4 is 28.2 Å². The van der Waals surface area contributed by atoms with Gasteiger partial charge in [0.2, 0.25) is 11.8 Å². The fourth-order valence-electron chi connectivity index (χ4n) is 4.14. The highest BCUT2D eigenvalue weighted by Crippen LogP contribution is 2.37. The zero-order valence-corrected chi connectivity index (χ0v) is 19.4.